The molecule has 21 heavy (non-hydrogen) atoms. The molecule has 0 aliphatic carbocycles. The Balaban J connectivity index is 1.76. The number of hydrogen-bond acceptors (Lipinski definition) is 3. The molecule has 1 aliphatic rings. The zero-order valence-electron chi connectivity index (χ0n) is 11.6. The maximum Gasteiger partial charge on any atom is 0.326 e. The van der Waals surface area contributed by atoms with Gasteiger partial charge in [0, 0.05) is 29.3 Å². The van der Waals surface area contributed by atoms with Crippen molar-refractivity contribution in [2.24, 2.45) is 0 Å². The van der Waals surface area contributed by atoms with Crippen LogP contribution in [0, 0.1) is 3.57 Å². The second-order valence-electron chi connectivity index (χ2n) is 4.84. The zero-order chi connectivity index (χ0) is 15.4. The van der Waals surface area contributed by atoms with Crippen LogP contribution in [-0.4, -0.2) is 47.8 Å². The first-order valence-corrected chi connectivity index (χ1v) is 7.66. The highest BCUT2D eigenvalue weighted by Crippen LogP contribution is 2.12. The fourth-order valence-electron chi connectivity index (χ4n) is 2.04. The molecule has 0 atom stereocenters. The molecule has 4 amide bonds. The summed E-state index contributed by atoms with van der Waals surface area (Å²) in [7, 11) is 1.59. The Morgan fingerprint density at radius 3 is 2.52 bits per heavy atom. The lowest BCUT2D eigenvalue weighted by Crippen LogP contribution is -2.32. The Hall–Kier alpha value is -1.64. The van der Waals surface area contributed by atoms with E-state index in [1.165, 1.54) is 9.80 Å². The molecule has 1 saturated heterocycles. The summed E-state index contributed by atoms with van der Waals surface area (Å²) in [6, 6.07) is 7.20. The minimum Gasteiger partial charge on any atom is -0.326 e. The van der Waals surface area contributed by atoms with Gasteiger partial charge >= 0.3 is 6.03 Å². The van der Waals surface area contributed by atoms with Gasteiger partial charge in [-0.2, -0.15) is 0 Å². The standard InChI is InChI=1S/C14H16IN3O3/c1-17-9-13(20)18(14(17)21)8-2-3-12(19)16-11-6-4-10(15)5-7-11/h4-7H,2-3,8-9H2,1H3,(H,16,19). The predicted octanol–water partition coefficient (Wildman–Crippen LogP) is 1.90. The molecule has 0 aromatic heterocycles. The first kappa shape index (κ1) is 15.7. The third-order valence-electron chi connectivity index (χ3n) is 3.14. The number of halogens is 1. The van der Waals surface area contributed by atoms with E-state index >= 15 is 0 Å². The molecule has 112 valence electrons. The molecule has 0 spiro atoms. The number of rotatable bonds is 5. The molecule has 0 bridgehead atoms. The van der Waals surface area contributed by atoms with Crippen molar-refractivity contribution in [2.45, 2.75) is 12.8 Å². The van der Waals surface area contributed by atoms with Crippen LogP contribution in [0.15, 0.2) is 24.3 Å². The summed E-state index contributed by atoms with van der Waals surface area (Å²) >= 11 is 2.19. The fourth-order valence-corrected chi connectivity index (χ4v) is 2.40. The molecule has 0 saturated carbocycles. The molecule has 0 radical (unpaired) electrons. The van der Waals surface area contributed by atoms with E-state index in [1.807, 2.05) is 24.3 Å². The molecule has 1 aromatic rings. The smallest absolute Gasteiger partial charge is 0.326 e. The number of hydrogen-bond donors (Lipinski definition) is 1. The molecule has 1 aromatic carbocycles. The number of amides is 4. The van der Waals surface area contributed by atoms with Crippen LogP contribution in [0.3, 0.4) is 0 Å². The predicted molar refractivity (Wildman–Crippen MR) is 86.8 cm³/mol. The average Bonchev–Trinajstić information content (AvgIpc) is 2.68. The summed E-state index contributed by atoms with van der Waals surface area (Å²) in [5.41, 5.74) is 0.744. The Morgan fingerprint density at radius 2 is 1.95 bits per heavy atom. The SMILES string of the molecule is CN1CC(=O)N(CCCC(=O)Nc2ccc(I)cc2)C1=O. The van der Waals surface area contributed by atoms with E-state index in [0.717, 1.165) is 9.26 Å². The van der Waals surface area contributed by atoms with Crippen molar-refractivity contribution in [1.29, 1.82) is 0 Å². The molecular weight excluding hydrogens is 385 g/mol. The van der Waals surface area contributed by atoms with Gasteiger partial charge in [-0.3, -0.25) is 14.5 Å². The Labute approximate surface area is 136 Å². The van der Waals surface area contributed by atoms with Gasteiger partial charge in [0.1, 0.15) is 6.54 Å². The van der Waals surface area contributed by atoms with Crippen LogP contribution in [0.5, 0.6) is 0 Å². The van der Waals surface area contributed by atoms with Gasteiger partial charge in [-0.15, -0.1) is 0 Å². The van der Waals surface area contributed by atoms with Crippen LogP contribution >= 0.6 is 22.6 Å². The summed E-state index contributed by atoms with van der Waals surface area (Å²) in [5, 5.41) is 2.78. The minimum atomic E-state index is -0.293. The molecule has 1 aliphatic heterocycles. The lowest BCUT2D eigenvalue weighted by molar-refractivity contribution is -0.125. The van der Waals surface area contributed by atoms with Crippen molar-refractivity contribution in [1.82, 2.24) is 9.80 Å². The topological polar surface area (TPSA) is 69.7 Å². The third-order valence-corrected chi connectivity index (χ3v) is 3.86. The van der Waals surface area contributed by atoms with Crippen LogP contribution in [0.4, 0.5) is 10.5 Å². The second kappa shape index (κ2) is 6.88. The van der Waals surface area contributed by atoms with E-state index < -0.39 is 0 Å². The maximum absolute atomic E-state index is 11.8. The molecule has 1 N–H and O–H groups in total. The van der Waals surface area contributed by atoms with E-state index in [1.54, 1.807) is 7.05 Å². The molecule has 2 rings (SSSR count). The Morgan fingerprint density at radius 1 is 1.29 bits per heavy atom. The van der Waals surface area contributed by atoms with Crippen LogP contribution in [0.25, 0.3) is 0 Å². The number of carbonyl (C=O) groups is 3. The number of likely N-dealkylation sites (N-methyl/N-ethyl adjacent to an activating group) is 1. The normalized spacial score (nSPS) is 14.8. The second-order valence-corrected chi connectivity index (χ2v) is 6.09. The largest absolute Gasteiger partial charge is 0.326 e. The van der Waals surface area contributed by atoms with Gasteiger partial charge in [0.05, 0.1) is 0 Å². The molecule has 1 heterocycles. The summed E-state index contributed by atoms with van der Waals surface area (Å²) in [6.45, 7) is 0.399. The van der Waals surface area contributed by atoms with Gasteiger partial charge in [-0.25, -0.2) is 4.79 Å². The van der Waals surface area contributed by atoms with E-state index in [4.69, 9.17) is 0 Å². The van der Waals surface area contributed by atoms with Crippen LogP contribution in [0.1, 0.15) is 12.8 Å². The minimum absolute atomic E-state index is 0.119. The van der Waals surface area contributed by atoms with Crippen LogP contribution in [-0.2, 0) is 9.59 Å². The summed E-state index contributed by atoms with van der Waals surface area (Å²) < 4.78 is 1.10. The zero-order valence-corrected chi connectivity index (χ0v) is 13.8. The Kier molecular flexibility index (Phi) is 5.16. The molecular formula is C14H16IN3O3. The van der Waals surface area contributed by atoms with Crippen molar-refractivity contribution in [2.75, 3.05) is 25.5 Å². The molecule has 6 nitrogen and oxygen atoms in total. The lowest BCUT2D eigenvalue weighted by Gasteiger charge is -2.13. The van der Waals surface area contributed by atoms with Crippen molar-refractivity contribution in [3.63, 3.8) is 0 Å². The van der Waals surface area contributed by atoms with Gasteiger partial charge in [-0.1, -0.05) is 0 Å². The summed E-state index contributed by atoms with van der Waals surface area (Å²) in [4.78, 5) is 37.5. The third kappa shape index (κ3) is 4.16. The number of imide groups is 1. The van der Waals surface area contributed by atoms with Gasteiger partial charge in [-0.05, 0) is 53.3 Å². The molecule has 7 heteroatoms. The monoisotopic (exact) mass is 401 g/mol. The summed E-state index contributed by atoms with van der Waals surface area (Å²) in [6.07, 6.45) is 0.730. The van der Waals surface area contributed by atoms with E-state index in [2.05, 4.69) is 27.9 Å². The van der Waals surface area contributed by atoms with Crippen molar-refractivity contribution < 1.29 is 14.4 Å². The van der Waals surface area contributed by atoms with Gasteiger partial charge < -0.3 is 10.2 Å². The first-order chi connectivity index (χ1) is 9.97. The van der Waals surface area contributed by atoms with Crippen molar-refractivity contribution in [3.8, 4) is 0 Å². The molecule has 0 unspecified atom stereocenters. The van der Waals surface area contributed by atoms with E-state index in [0.29, 0.717) is 6.42 Å². The van der Waals surface area contributed by atoms with Gasteiger partial charge in [0.15, 0.2) is 0 Å². The number of anilines is 1. The highest BCUT2D eigenvalue weighted by Gasteiger charge is 2.32. The van der Waals surface area contributed by atoms with E-state index in [9.17, 15) is 14.4 Å². The number of nitrogens with one attached hydrogen (secondary N) is 1. The van der Waals surface area contributed by atoms with Crippen LogP contribution in [0.2, 0.25) is 0 Å². The number of carbonyl (C=O) groups excluding carboxylic acids is 3. The van der Waals surface area contributed by atoms with E-state index in [-0.39, 0.29) is 37.4 Å². The van der Waals surface area contributed by atoms with Gasteiger partial charge in [0.2, 0.25) is 11.8 Å². The Bertz CT molecular complexity index is 559. The van der Waals surface area contributed by atoms with Crippen molar-refractivity contribution >= 4 is 46.1 Å². The maximum atomic E-state index is 11.8. The average molecular weight is 401 g/mol. The first-order valence-electron chi connectivity index (χ1n) is 6.58. The fraction of sp³-hybridized carbons (Fsp3) is 0.357. The molecule has 1 fully saturated rings. The number of nitrogens with zero attached hydrogens (tertiary/aromatic N) is 2. The lowest BCUT2D eigenvalue weighted by atomic mass is 10.2. The highest BCUT2D eigenvalue weighted by molar-refractivity contribution is 14.1. The quantitative estimate of drug-likeness (QED) is 0.606. The van der Waals surface area contributed by atoms with Gasteiger partial charge in [0.25, 0.3) is 0 Å². The van der Waals surface area contributed by atoms with Crippen LogP contribution < -0.4 is 5.32 Å². The van der Waals surface area contributed by atoms with Crippen molar-refractivity contribution in [3.05, 3.63) is 27.8 Å². The highest BCUT2D eigenvalue weighted by atomic mass is 127. The summed E-state index contributed by atoms with van der Waals surface area (Å²) in [5.74, 6) is -0.329. The number of benzene rings is 1. The number of urea groups is 1.